The quantitative estimate of drug-likeness (QED) is 0.554. The highest BCUT2D eigenvalue weighted by Crippen LogP contribution is 2.47. The topological polar surface area (TPSA) is 62.7 Å². The van der Waals surface area contributed by atoms with E-state index in [1.807, 2.05) is 18.2 Å². The normalized spacial score (nSPS) is 30.6. The van der Waals surface area contributed by atoms with Crippen molar-refractivity contribution in [1.82, 2.24) is 0 Å². The van der Waals surface area contributed by atoms with Crippen LogP contribution in [0.1, 0.15) is 74.6 Å². The summed E-state index contributed by atoms with van der Waals surface area (Å²) in [6.45, 7) is 2.89. The van der Waals surface area contributed by atoms with Crippen molar-refractivity contribution in [1.29, 1.82) is 0 Å². The number of nitrogens with zero attached hydrogens (tertiary/aromatic N) is 1. The van der Waals surface area contributed by atoms with Crippen LogP contribution in [-0.4, -0.2) is 11.9 Å². The molecule has 2 N–H and O–H groups in total. The molecule has 2 aromatic rings. The van der Waals surface area contributed by atoms with E-state index in [-0.39, 0.29) is 11.9 Å². The van der Waals surface area contributed by atoms with E-state index in [0.29, 0.717) is 25.0 Å². The van der Waals surface area contributed by atoms with Crippen molar-refractivity contribution in [3.05, 3.63) is 59.2 Å². The number of rotatable bonds is 4. The van der Waals surface area contributed by atoms with Crippen molar-refractivity contribution in [2.45, 2.75) is 70.9 Å². The Morgan fingerprint density at radius 2 is 1.91 bits per heavy atom. The number of hydrogen-bond acceptors (Lipinski definition) is 3. The third-order valence-corrected chi connectivity index (χ3v) is 8.75. The van der Waals surface area contributed by atoms with Gasteiger partial charge in [0.2, 0.25) is 5.91 Å². The van der Waals surface area contributed by atoms with E-state index < -0.39 is 0 Å². The largest absolute Gasteiger partial charge is 0.460 e. The van der Waals surface area contributed by atoms with Crippen LogP contribution in [0.2, 0.25) is 0 Å². The van der Waals surface area contributed by atoms with Gasteiger partial charge in [-0.25, -0.2) is 4.99 Å². The Morgan fingerprint density at radius 3 is 2.76 bits per heavy atom. The number of benzene rings is 2. The SMILES string of the molecule is CC1C2CCCC1CC(CC(=O)Nc1ccc3c(c1)COC(=NC1CCc4ccccc41)N3)C2. The average molecular weight is 458 g/mol. The second kappa shape index (κ2) is 9.09. The van der Waals surface area contributed by atoms with Crippen LogP contribution < -0.4 is 10.6 Å². The van der Waals surface area contributed by atoms with Gasteiger partial charge in [0.1, 0.15) is 6.61 Å². The van der Waals surface area contributed by atoms with E-state index in [0.717, 1.165) is 47.5 Å². The third-order valence-electron chi connectivity index (χ3n) is 8.75. The zero-order chi connectivity index (χ0) is 23.1. The Balaban J connectivity index is 1.07. The van der Waals surface area contributed by atoms with E-state index >= 15 is 0 Å². The van der Waals surface area contributed by atoms with Crippen molar-refractivity contribution in [3.63, 3.8) is 0 Å². The summed E-state index contributed by atoms with van der Waals surface area (Å²) in [6.07, 6.45) is 9.26. The van der Waals surface area contributed by atoms with Gasteiger partial charge in [0, 0.05) is 23.4 Å². The number of fused-ring (bicyclic) bond motifs is 4. The fourth-order valence-corrected chi connectivity index (χ4v) is 6.90. The van der Waals surface area contributed by atoms with Crippen molar-refractivity contribution >= 4 is 23.3 Å². The lowest BCUT2D eigenvalue weighted by Crippen LogP contribution is -2.35. The first-order valence-corrected chi connectivity index (χ1v) is 13.1. The third kappa shape index (κ3) is 4.33. The fourth-order valence-electron chi connectivity index (χ4n) is 6.90. The van der Waals surface area contributed by atoms with Crippen LogP contribution in [0.5, 0.6) is 0 Å². The van der Waals surface area contributed by atoms with E-state index in [1.54, 1.807) is 0 Å². The smallest absolute Gasteiger partial charge is 0.290 e. The molecule has 2 bridgehead atoms. The monoisotopic (exact) mass is 457 g/mol. The summed E-state index contributed by atoms with van der Waals surface area (Å²) in [5, 5.41) is 6.49. The zero-order valence-corrected chi connectivity index (χ0v) is 20.1. The second-order valence-electron chi connectivity index (χ2n) is 10.9. The van der Waals surface area contributed by atoms with Gasteiger partial charge < -0.3 is 15.4 Å². The molecule has 5 heteroatoms. The number of aryl methyl sites for hydroxylation is 1. The van der Waals surface area contributed by atoms with Gasteiger partial charge in [-0.1, -0.05) is 50.5 Å². The van der Waals surface area contributed by atoms with Crippen LogP contribution in [0, 0.1) is 23.7 Å². The van der Waals surface area contributed by atoms with Gasteiger partial charge in [-0.15, -0.1) is 0 Å². The minimum Gasteiger partial charge on any atom is -0.460 e. The zero-order valence-electron chi connectivity index (χ0n) is 20.1. The van der Waals surface area contributed by atoms with Crippen LogP contribution in [0.25, 0.3) is 0 Å². The summed E-state index contributed by atoms with van der Waals surface area (Å²) in [5.74, 6) is 3.17. The lowest BCUT2D eigenvalue weighted by Gasteiger charge is -2.44. The molecule has 1 amide bonds. The van der Waals surface area contributed by atoms with Gasteiger partial charge in [0.25, 0.3) is 6.02 Å². The van der Waals surface area contributed by atoms with Crippen molar-refractivity contribution in [3.8, 4) is 0 Å². The molecule has 1 heterocycles. The summed E-state index contributed by atoms with van der Waals surface area (Å²) in [5.41, 5.74) is 5.59. The van der Waals surface area contributed by atoms with Crippen LogP contribution in [-0.2, 0) is 22.6 Å². The Kier molecular flexibility index (Phi) is 5.80. The van der Waals surface area contributed by atoms with Gasteiger partial charge in [0.15, 0.2) is 0 Å². The molecule has 2 aromatic carbocycles. The second-order valence-corrected chi connectivity index (χ2v) is 10.9. The minimum atomic E-state index is 0.143. The molecular formula is C29H35N3O2. The number of carbonyl (C=O) groups is 1. The maximum absolute atomic E-state index is 12.8. The molecule has 3 unspecified atom stereocenters. The Morgan fingerprint density at radius 1 is 1.09 bits per heavy atom. The number of hydrogen-bond donors (Lipinski definition) is 2. The molecule has 3 atom stereocenters. The molecule has 0 aromatic heterocycles. The van der Waals surface area contributed by atoms with E-state index in [9.17, 15) is 4.79 Å². The van der Waals surface area contributed by atoms with E-state index in [2.05, 4.69) is 41.8 Å². The number of aliphatic imine (C=N–C) groups is 1. The lowest BCUT2D eigenvalue weighted by molar-refractivity contribution is -0.117. The van der Waals surface area contributed by atoms with Gasteiger partial charge in [-0.2, -0.15) is 0 Å². The highest BCUT2D eigenvalue weighted by molar-refractivity contribution is 5.94. The highest BCUT2D eigenvalue weighted by Gasteiger charge is 2.38. The summed E-state index contributed by atoms with van der Waals surface area (Å²) in [7, 11) is 0. The maximum atomic E-state index is 12.8. The molecule has 4 aliphatic rings. The fraction of sp³-hybridized carbons (Fsp3) is 0.517. The molecule has 1 aliphatic heterocycles. The summed E-state index contributed by atoms with van der Waals surface area (Å²) in [6, 6.07) is 15.3. The lowest BCUT2D eigenvalue weighted by atomic mass is 9.61. The molecule has 34 heavy (non-hydrogen) atoms. The first kappa shape index (κ1) is 21.7. The molecule has 0 spiro atoms. The molecule has 0 radical (unpaired) electrons. The summed E-state index contributed by atoms with van der Waals surface area (Å²) < 4.78 is 5.94. The van der Waals surface area contributed by atoms with Crippen LogP contribution in [0.4, 0.5) is 11.4 Å². The van der Waals surface area contributed by atoms with E-state index in [4.69, 9.17) is 9.73 Å². The van der Waals surface area contributed by atoms with Crippen LogP contribution >= 0.6 is 0 Å². The highest BCUT2D eigenvalue weighted by atomic mass is 16.5. The van der Waals surface area contributed by atoms with Gasteiger partial charge >= 0.3 is 0 Å². The Labute approximate surface area is 202 Å². The Bertz CT molecular complexity index is 1100. The van der Waals surface area contributed by atoms with E-state index in [1.165, 1.54) is 43.2 Å². The summed E-state index contributed by atoms with van der Waals surface area (Å²) >= 11 is 0. The minimum absolute atomic E-state index is 0.143. The number of nitrogens with one attached hydrogen (secondary N) is 2. The molecule has 3 aliphatic carbocycles. The van der Waals surface area contributed by atoms with Crippen LogP contribution in [0.3, 0.4) is 0 Å². The molecule has 6 rings (SSSR count). The molecule has 0 saturated heterocycles. The van der Waals surface area contributed by atoms with Crippen molar-refractivity contribution < 1.29 is 9.53 Å². The predicted molar refractivity (Wildman–Crippen MR) is 136 cm³/mol. The molecule has 2 saturated carbocycles. The molecule has 178 valence electrons. The first-order valence-electron chi connectivity index (χ1n) is 13.1. The van der Waals surface area contributed by atoms with Gasteiger partial charge in [0.05, 0.1) is 6.04 Å². The molecule has 2 fully saturated rings. The number of amidine groups is 1. The molecular weight excluding hydrogens is 422 g/mol. The summed E-state index contributed by atoms with van der Waals surface area (Å²) in [4.78, 5) is 17.7. The average Bonchev–Trinajstić information content (AvgIpc) is 3.23. The van der Waals surface area contributed by atoms with Gasteiger partial charge in [-0.05, 0) is 78.7 Å². The van der Waals surface area contributed by atoms with Gasteiger partial charge in [-0.3, -0.25) is 4.79 Å². The number of ether oxygens (including phenoxy) is 1. The Hall–Kier alpha value is -2.82. The van der Waals surface area contributed by atoms with Crippen molar-refractivity contribution in [2.24, 2.45) is 28.7 Å². The number of anilines is 2. The number of carbonyl (C=O) groups excluding carboxylic acids is 1. The first-order chi connectivity index (χ1) is 16.6. The van der Waals surface area contributed by atoms with Crippen molar-refractivity contribution in [2.75, 3.05) is 10.6 Å². The van der Waals surface area contributed by atoms with Crippen LogP contribution in [0.15, 0.2) is 47.5 Å². The number of amides is 1. The predicted octanol–water partition coefficient (Wildman–Crippen LogP) is 6.46. The standard InChI is InChI=1S/C29H35N3O2/c1-18-21-6-4-7-22(18)14-19(13-21)15-28(33)30-24-10-12-26-23(16-24)17-34-29(31-26)32-27-11-9-20-5-2-3-8-25(20)27/h2-3,5,8,10,12,16,18-19,21-22,27H,4,6-7,9,11,13-15,17H2,1H3,(H,30,33)(H,31,32). The molecule has 5 nitrogen and oxygen atoms in total. The maximum Gasteiger partial charge on any atom is 0.290 e.